The molecular formula is C25H26N4O2S. The van der Waals surface area contributed by atoms with E-state index in [0.717, 1.165) is 60.3 Å². The van der Waals surface area contributed by atoms with Gasteiger partial charge < -0.3 is 14.5 Å². The maximum Gasteiger partial charge on any atom is 0.223 e. The molecule has 5 rings (SSSR count). The van der Waals surface area contributed by atoms with E-state index in [2.05, 4.69) is 45.1 Å². The van der Waals surface area contributed by atoms with Gasteiger partial charge in [-0.25, -0.2) is 4.98 Å². The quantitative estimate of drug-likeness (QED) is 0.442. The minimum atomic E-state index is 0.229. The predicted octanol–water partition coefficient (Wildman–Crippen LogP) is 4.35. The summed E-state index contributed by atoms with van der Waals surface area (Å²) in [6.07, 6.45) is 3.30. The number of piperazine rings is 1. The summed E-state index contributed by atoms with van der Waals surface area (Å²) in [7, 11) is 1.67. The topological polar surface area (TPSA) is 50.1 Å². The smallest absolute Gasteiger partial charge is 0.223 e. The van der Waals surface area contributed by atoms with E-state index in [1.54, 1.807) is 18.4 Å². The summed E-state index contributed by atoms with van der Waals surface area (Å²) in [4.78, 5) is 22.9. The van der Waals surface area contributed by atoms with E-state index in [0.29, 0.717) is 6.42 Å². The largest absolute Gasteiger partial charge is 0.497 e. The number of anilines is 1. The van der Waals surface area contributed by atoms with Crippen LogP contribution in [-0.2, 0) is 11.2 Å². The molecule has 0 N–H and O–H groups in total. The van der Waals surface area contributed by atoms with Crippen LogP contribution in [0.3, 0.4) is 0 Å². The van der Waals surface area contributed by atoms with Crippen molar-refractivity contribution in [3.05, 3.63) is 71.9 Å². The summed E-state index contributed by atoms with van der Waals surface area (Å²) in [5, 5.41) is 2.11. The van der Waals surface area contributed by atoms with Crippen LogP contribution in [0.2, 0.25) is 0 Å². The fourth-order valence-corrected chi connectivity index (χ4v) is 5.06. The van der Waals surface area contributed by atoms with E-state index in [-0.39, 0.29) is 5.91 Å². The Morgan fingerprint density at radius 1 is 1.03 bits per heavy atom. The number of nitrogens with zero attached hydrogens (tertiary/aromatic N) is 4. The third kappa shape index (κ3) is 4.21. The zero-order chi connectivity index (χ0) is 21.9. The van der Waals surface area contributed by atoms with E-state index in [4.69, 9.17) is 9.72 Å². The molecule has 0 aliphatic carbocycles. The van der Waals surface area contributed by atoms with Crippen molar-refractivity contribution in [2.45, 2.75) is 12.8 Å². The molecule has 32 heavy (non-hydrogen) atoms. The van der Waals surface area contributed by atoms with Crippen molar-refractivity contribution in [1.82, 2.24) is 14.3 Å². The fourth-order valence-electron chi connectivity index (χ4n) is 4.16. The van der Waals surface area contributed by atoms with E-state index in [1.807, 2.05) is 35.2 Å². The van der Waals surface area contributed by atoms with E-state index >= 15 is 0 Å². The molecule has 7 heteroatoms. The zero-order valence-corrected chi connectivity index (χ0v) is 18.9. The van der Waals surface area contributed by atoms with Crippen LogP contribution < -0.4 is 9.64 Å². The van der Waals surface area contributed by atoms with Gasteiger partial charge in [0.2, 0.25) is 5.91 Å². The van der Waals surface area contributed by atoms with Crippen LogP contribution in [0.25, 0.3) is 16.2 Å². The molecule has 0 radical (unpaired) electrons. The van der Waals surface area contributed by atoms with Crippen LogP contribution in [-0.4, -0.2) is 53.5 Å². The Bertz CT molecular complexity index is 1190. The molecule has 4 aromatic rings. The van der Waals surface area contributed by atoms with Crippen molar-refractivity contribution in [2.75, 3.05) is 38.2 Å². The van der Waals surface area contributed by atoms with Gasteiger partial charge in [-0.2, -0.15) is 0 Å². The number of amides is 1. The molecule has 0 bridgehead atoms. The first-order chi connectivity index (χ1) is 15.7. The molecule has 6 nitrogen and oxygen atoms in total. The number of benzene rings is 2. The number of carbonyl (C=O) groups excluding carboxylic acids is 1. The van der Waals surface area contributed by atoms with Gasteiger partial charge in [-0.15, -0.1) is 11.3 Å². The Morgan fingerprint density at radius 2 is 1.78 bits per heavy atom. The number of hydrogen-bond acceptors (Lipinski definition) is 5. The number of fused-ring (bicyclic) bond motifs is 1. The number of rotatable bonds is 6. The van der Waals surface area contributed by atoms with Crippen LogP contribution in [0.15, 0.2) is 66.2 Å². The van der Waals surface area contributed by atoms with Crippen molar-refractivity contribution in [2.24, 2.45) is 0 Å². The van der Waals surface area contributed by atoms with Gasteiger partial charge in [0.25, 0.3) is 0 Å². The van der Waals surface area contributed by atoms with Crippen LogP contribution in [0.4, 0.5) is 5.69 Å². The third-order valence-corrected chi connectivity index (χ3v) is 6.91. The summed E-state index contributed by atoms with van der Waals surface area (Å²) < 4.78 is 7.35. The fraction of sp³-hybridized carbons (Fsp3) is 0.280. The van der Waals surface area contributed by atoms with E-state index in [1.165, 1.54) is 5.69 Å². The van der Waals surface area contributed by atoms with Crippen molar-refractivity contribution in [3.8, 4) is 17.0 Å². The first-order valence-electron chi connectivity index (χ1n) is 10.9. The Kier molecular flexibility index (Phi) is 5.81. The van der Waals surface area contributed by atoms with E-state index < -0.39 is 0 Å². The van der Waals surface area contributed by atoms with Crippen LogP contribution in [0, 0.1) is 0 Å². The van der Waals surface area contributed by atoms with Gasteiger partial charge in [0.1, 0.15) is 5.75 Å². The maximum atomic E-state index is 12.8. The first kappa shape index (κ1) is 20.6. The lowest BCUT2D eigenvalue weighted by Gasteiger charge is -2.36. The number of aromatic nitrogens is 2. The van der Waals surface area contributed by atoms with Crippen molar-refractivity contribution >= 4 is 27.9 Å². The van der Waals surface area contributed by atoms with Gasteiger partial charge in [-0.3, -0.25) is 9.20 Å². The molecule has 0 saturated carbocycles. The minimum Gasteiger partial charge on any atom is -0.497 e. The highest BCUT2D eigenvalue weighted by Crippen LogP contribution is 2.26. The first-order valence-corrected chi connectivity index (χ1v) is 11.8. The predicted molar refractivity (Wildman–Crippen MR) is 129 cm³/mol. The highest BCUT2D eigenvalue weighted by molar-refractivity contribution is 7.15. The summed E-state index contributed by atoms with van der Waals surface area (Å²) in [6, 6.07) is 18.3. The summed E-state index contributed by atoms with van der Waals surface area (Å²) >= 11 is 1.62. The second-order valence-electron chi connectivity index (χ2n) is 7.94. The molecule has 1 aliphatic heterocycles. The Morgan fingerprint density at radius 3 is 2.50 bits per heavy atom. The Balaban J connectivity index is 1.20. The summed E-state index contributed by atoms with van der Waals surface area (Å²) in [5.74, 6) is 1.06. The molecule has 0 spiro atoms. The number of carbonyl (C=O) groups is 1. The van der Waals surface area contributed by atoms with Gasteiger partial charge in [0.05, 0.1) is 12.8 Å². The monoisotopic (exact) mass is 446 g/mol. The number of ether oxygens (including phenoxy) is 1. The number of methoxy groups -OCH3 is 1. The molecule has 2 aromatic carbocycles. The second-order valence-corrected chi connectivity index (χ2v) is 8.77. The number of thiazole rings is 1. The maximum absolute atomic E-state index is 12.8. The summed E-state index contributed by atoms with van der Waals surface area (Å²) in [5.41, 5.74) is 4.35. The van der Waals surface area contributed by atoms with Crippen molar-refractivity contribution in [1.29, 1.82) is 0 Å². The van der Waals surface area contributed by atoms with E-state index in [9.17, 15) is 4.79 Å². The van der Waals surface area contributed by atoms with Gasteiger partial charge >= 0.3 is 0 Å². The lowest BCUT2D eigenvalue weighted by atomic mass is 10.1. The number of aryl methyl sites for hydroxylation is 1. The van der Waals surface area contributed by atoms with Crippen molar-refractivity contribution < 1.29 is 9.53 Å². The van der Waals surface area contributed by atoms with Gasteiger partial charge in [-0.1, -0.05) is 18.2 Å². The highest BCUT2D eigenvalue weighted by Gasteiger charge is 2.21. The molecule has 3 heterocycles. The lowest BCUT2D eigenvalue weighted by Crippen LogP contribution is -2.48. The molecule has 1 aliphatic rings. The summed E-state index contributed by atoms with van der Waals surface area (Å²) in [6.45, 7) is 3.31. The Labute approximate surface area is 191 Å². The molecule has 1 fully saturated rings. The molecule has 0 unspecified atom stereocenters. The highest BCUT2D eigenvalue weighted by atomic mass is 32.1. The van der Waals surface area contributed by atoms with Crippen LogP contribution in [0.5, 0.6) is 5.75 Å². The van der Waals surface area contributed by atoms with Gasteiger partial charge in [0, 0.05) is 61.1 Å². The van der Waals surface area contributed by atoms with Crippen molar-refractivity contribution in [3.63, 3.8) is 0 Å². The standard InChI is InChI=1S/C25H26N4O2S/c1-31-22-10-7-19(8-11-22)23-17-29-21(18-32-25(29)26-23)9-12-24(30)28-15-13-27(14-16-28)20-5-3-2-4-6-20/h2-8,10-11,17-18H,9,12-16H2,1H3. The number of hydrogen-bond donors (Lipinski definition) is 0. The zero-order valence-electron chi connectivity index (χ0n) is 18.1. The normalized spacial score (nSPS) is 14.2. The minimum absolute atomic E-state index is 0.229. The number of imidazole rings is 1. The van der Waals surface area contributed by atoms with Gasteiger partial charge in [-0.05, 0) is 42.8 Å². The molecule has 2 aromatic heterocycles. The second kappa shape index (κ2) is 9.04. The lowest BCUT2D eigenvalue weighted by molar-refractivity contribution is -0.131. The Hall–Kier alpha value is -3.32. The average molecular weight is 447 g/mol. The molecule has 164 valence electrons. The van der Waals surface area contributed by atoms with Crippen LogP contribution in [0.1, 0.15) is 12.1 Å². The van der Waals surface area contributed by atoms with Crippen LogP contribution >= 0.6 is 11.3 Å². The number of para-hydroxylation sites is 1. The molecule has 1 amide bonds. The van der Waals surface area contributed by atoms with Gasteiger partial charge in [0.15, 0.2) is 4.96 Å². The SMILES string of the molecule is COc1ccc(-c2cn3c(CCC(=O)N4CCN(c5ccccc5)CC4)csc3n2)cc1. The molecular weight excluding hydrogens is 420 g/mol. The average Bonchev–Trinajstić information content (AvgIpc) is 3.45. The molecule has 1 saturated heterocycles. The molecule has 0 atom stereocenters. The third-order valence-electron chi connectivity index (χ3n) is 6.02.